The number of amides is 2. The van der Waals surface area contributed by atoms with Gasteiger partial charge in [0, 0.05) is 22.7 Å². The average Bonchev–Trinajstić information content (AvgIpc) is 3.17. The molecule has 0 radical (unpaired) electrons. The maximum atomic E-state index is 12.2. The number of aromatic nitrogens is 1. The Morgan fingerprint density at radius 3 is 2.46 bits per heavy atom. The van der Waals surface area contributed by atoms with Gasteiger partial charge < -0.3 is 4.98 Å². The molecule has 1 aliphatic rings. The molecule has 0 aliphatic carbocycles. The second kappa shape index (κ2) is 6.02. The number of hydrogen-bond acceptors (Lipinski definition) is 3. The molecule has 0 atom stereocenters. The summed E-state index contributed by atoms with van der Waals surface area (Å²) in [5, 5.41) is 3.09. The van der Waals surface area contributed by atoms with E-state index >= 15 is 0 Å². The Morgan fingerprint density at radius 1 is 0.958 bits per heavy atom. The highest BCUT2D eigenvalue weighted by atomic mass is 32.2. The van der Waals surface area contributed by atoms with Crippen LogP contribution < -0.4 is 5.32 Å². The van der Waals surface area contributed by atoms with E-state index in [4.69, 9.17) is 0 Å². The van der Waals surface area contributed by atoms with Crippen molar-refractivity contribution in [2.24, 2.45) is 0 Å². The lowest BCUT2D eigenvalue weighted by Gasteiger charge is -2.09. The van der Waals surface area contributed by atoms with Gasteiger partial charge in [0.15, 0.2) is 0 Å². The molecule has 2 aromatic carbocycles. The van der Waals surface area contributed by atoms with Crippen LogP contribution in [0.15, 0.2) is 65.7 Å². The normalized spacial score (nSPS) is 16.5. The van der Waals surface area contributed by atoms with Crippen molar-refractivity contribution in [2.45, 2.75) is 6.42 Å². The van der Waals surface area contributed by atoms with Gasteiger partial charge in [0.05, 0.1) is 4.91 Å². The zero-order valence-corrected chi connectivity index (χ0v) is 13.5. The number of hydrogen-bond donors (Lipinski definition) is 2. The van der Waals surface area contributed by atoms with Crippen LogP contribution in [0.4, 0.5) is 4.79 Å². The quantitative estimate of drug-likeness (QED) is 0.709. The molecule has 0 spiro atoms. The van der Waals surface area contributed by atoms with Gasteiger partial charge in [0.1, 0.15) is 0 Å². The highest BCUT2D eigenvalue weighted by Gasteiger charge is 2.29. The standard InChI is InChI=1S/C19H14N2O2S/c22-18-17(24-19(23)21-18)14(10-12-6-2-1-3-7-12)15-11-20-16-9-5-4-8-13(15)16/h1-9,11,20H,10H2,(H,21,22,23). The van der Waals surface area contributed by atoms with Gasteiger partial charge >= 0.3 is 0 Å². The number of fused-ring (bicyclic) bond motifs is 1. The van der Waals surface area contributed by atoms with Crippen LogP contribution in [0.2, 0.25) is 0 Å². The fourth-order valence-electron chi connectivity index (χ4n) is 2.93. The molecule has 4 rings (SSSR count). The fourth-order valence-corrected chi connectivity index (χ4v) is 3.71. The van der Waals surface area contributed by atoms with Gasteiger partial charge in [-0.25, -0.2) is 0 Å². The fraction of sp³-hybridized carbons (Fsp3) is 0.0526. The Morgan fingerprint density at radius 2 is 1.71 bits per heavy atom. The van der Waals surface area contributed by atoms with Crippen molar-refractivity contribution in [3.63, 3.8) is 0 Å². The van der Waals surface area contributed by atoms with E-state index in [0.717, 1.165) is 39.4 Å². The number of carbonyl (C=O) groups excluding carboxylic acids is 2. The Labute approximate surface area is 143 Å². The van der Waals surface area contributed by atoms with Crippen molar-refractivity contribution in [2.75, 3.05) is 0 Å². The third kappa shape index (κ3) is 2.63. The highest BCUT2D eigenvalue weighted by Crippen LogP contribution is 2.36. The number of imide groups is 1. The van der Waals surface area contributed by atoms with E-state index in [2.05, 4.69) is 10.3 Å². The number of rotatable bonds is 3. The Hall–Kier alpha value is -2.79. The Kier molecular flexibility index (Phi) is 3.70. The average molecular weight is 334 g/mol. The van der Waals surface area contributed by atoms with E-state index in [1.54, 1.807) is 0 Å². The largest absolute Gasteiger partial charge is 0.361 e. The summed E-state index contributed by atoms with van der Waals surface area (Å²) in [6.07, 6.45) is 2.50. The van der Waals surface area contributed by atoms with E-state index in [-0.39, 0.29) is 11.1 Å². The van der Waals surface area contributed by atoms with Crippen LogP contribution in [0.1, 0.15) is 11.1 Å². The number of carbonyl (C=O) groups is 2. The van der Waals surface area contributed by atoms with Gasteiger partial charge in [-0.3, -0.25) is 14.9 Å². The molecule has 2 N–H and O–H groups in total. The summed E-state index contributed by atoms with van der Waals surface area (Å²) in [6, 6.07) is 17.9. The van der Waals surface area contributed by atoms with Crippen LogP contribution in [0.3, 0.4) is 0 Å². The monoisotopic (exact) mass is 334 g/mol. The van der Waals surface area contributed by atoms with Gasteiger partial charge in [0.25, 0.3) is 11.1 Å². The van der Waals surface area contributed by atoms with Crippen molar-refractivity contribution in [1.29, 1.82) is 0 Å². The van der Waals surface area contributed by atoms with E-state index in [0.29, 0.717) is 11.3 Å². The maximum Gasteiger partial charge on any atom is 0.290 e. The smallest absolute Gasteiger partial charge is 0.290 e. The number of allylic oxidation sites excluding steroid dienone is 1. The van der Waals surface area contributed by atoms with Crippen LogP contribution in [-0.2, 0) is 11.2 Å². The summed E-state index contributed by atoms with van der Waals surface area (Å²) in [7, 11) is 0. The summed E-state index contributed by atoms with van der Waals surface area (Å²) < 4.78 is 0. The van der Waals surface area contributed by atoms with Crippen molar-refractivity contribution in [3.05, 3.63) is 76.8 Å². The van der Waals surface area contributed by atoms with Gasteiger partial charge in [-0.05, 0) is 35.4 Å². The van der Waals surface area contributed by atoms with E-state index in [1.807, 2.05) is 60.8 Å². The lowest BCUT2D eigenvalue weighted by molar-refractivity contribution is -0.115. The number of H-pyrrole nitrogens is 1. The molecule has 5 heteroatoms. The summed E-state index contributed by atoms with van der Waals surface area (Å²) in [5.41, 5.74) is 3.93. The van der Waals surface area contributed by atoms with E-state index in [9.17, 15) is 9.59 Å². The summed E-state index contributed by atoms with van der Waals surface area (Å²) in [4.78, 5) is 27.6. The van der Waals surface area contributed by atoms with E-state index in [1.165, 1.54) is 0 Å². The van der Waals surface area contributed by atoms with E-state index < -0.39 is 0 Å². The number of para-hydroxylation sites is 1. The number of nitrogens with one attached hydrogen (secondary N) is 2. The highest BCUT2D eigenvalue weighted by molar-refractivity contribution is 8.18. The van der Waals surface area contributed by atoms with Crippen LogP contribution in [0.5, 0.6) is 0 Å². The molecular weight excluding hydrogens is 320 g/mol. The second-order valence-electron chi connectivity index (χ2n) is 5.56. The first-order valence-electron chi connectivity index (χ1n) is 7.59. The van der Waals surface area contributed by atoms with Gasteiger partial charge in [-0.2, -0.15) is 0 Å². The SMILES string of the molecule is O=C1NC(=O)C(=C(Cc2ccccc2)c2c[nH]c3ccccc23)S1. The molecule has 1 fully saturated rings. The van der Waals surface area contributed by atoms with Crippen molar-refractivity contribution in [1.82, 2.24) is 10.3 Å². The molecule has 2 heterocycles. The molecular formula is C19H14N2O2S. The zero-order chi connectivity index (χ0) is 16.5. The minimum atomic E-state index is -0.319. The van der Waals surface area contributed by atoms with Crippen molar-refractivity contribution in [3.8, 4) is 0 Å². The number of aromatic amines is 1. The predicted molar refractivity (Wildman–Crippen MR) is 96.5 cm³/mol. The molecule has 3 aromatic rings. The number of benzene rings is 2. The summed E-state index contributed by atoms with van der Waals surface area (Å²) in [5.74, 6) is -0.318. The second-order valence-corrected chi connectivity index (χ2v) is 6.54. The molecule has 4 nitrogen and oxygen atoms in total. The van der Waals surface area contributed by atoms with Crippen molar-refractivity contribution >= 4 is 39.4 Å². The molecule has 24 heavy (non-hydrogen) atoms. The molecule has 2 amide bonds. The van der Waals surface area contributed by atoms with Gasteiger partial charge in [-0.1, -0.05) is 48.5 Å². The first-order chi connectivity index (χ1) is 11.7. The lowest BCUT2D eigenvalue weighted by Crippen LogP contribution is -2.18. The van der Waals surface area contributed by atoms with Crippen LogP contribution in [-0.4, -0.2) is 16.1 Å². The van der Waals surface area contributed by atoms with Crippen LogP contribution >= 0.6 is 11.8 Å². The first kappa shape index (κ1) is 14.8. The summed E-state index contributed by atoms with van der Waals surface area (Å²) in [6.45, 7) is 0. The molecule has 1 aromatic heterocycles. The van der Waals surface area contributed by atoms with Crippen LogP contribution in [0.25, 0.3) is 16.5 Å². The van der Waals surface area contributed by atoms with Gasteiger partial charge in [0.2, 0.25) is 0 Å². The lowest BCUT2D eigenvalue weighted by atomic mass is 9.97. The van der Waals surface area contributed by atoms with Crippen molar-refractivity contribution < 1.29 is 9.59 Å². The molecule has 118 valence electrons. The maximum absolute atomic E-state index is 12.2. The number of thioether (sulfide) groups is 1. The third-order valence-corrected chi connectivity index (χ3v) is 4.95. The Bertz CT molecular complexity index is 973. The first-order valence-corrected chi connectivity index (χ1v) is 8.41. The zero-order valence-electron chi connectivity index (χ0n) is 12.7. The minimum Gasteiger partial charge on any atom is -0.361 e. The minimum absolute atomic E-state index is 0.318. The van der Waals surface area contributed by atoms with Crippen LogP contribution in [0, 0.1) is 0 Å². The van der Waals surface area contributed by atoms with Gasteiger partial charge in [-0.15, -0.1) is 0 Å². The summed E-state index contributed by atoms with van der Waals surface area (Å²) >= 11 is 0.974. The Balaban J connectivity index is 1.89. The molecule has 1 aliphatic heterocycles. The predicted octanol–water partition coefficient (Wildman–Crippen LogP) is 4.10. The third-order valence-electron chi connectivity index (χ3n) is 4.03. The molecule has 0 unspecified atom stereocenters. The molecule has 1 saturated heterocycles. The molecule has 0 saturated carbocycles. The topological polar surface area (TPSA) is 62.0 Å². The molecule has 0 bridgehead atoms.